The van der Waals surface area contributed by atoms with Gasteiger partial charge in [0.1, 0.15) is 5.38 Å². The second-order valence-corrected chi connectivity index (χ2v) is 4.62. The molecule has 0 bridgehead atoms. The first-order valence-electron chi connectivity index (χ1n) is 5.22. The van der Waals surface area contributed by atoms with Gasteiger partial charge in [-0.1, -0.05) is 29.8 Å². The van der Waals surface area contributed by atoms with Gasteiger partial charge in [0, 0.05) is 18.1 Å². The lowest BCUT2D eigenvalue weighted by atomic mass is 10.2. The van der Waals surface area contributed by atoms with Crippen LogP contribution < -0.4 is 0 Å². The van der Waals surface area contributed by atoms with Gasteiger partial charge < -0.3 is 4.90 Å². The molecule has 0 aliphatic carbocycles. The first-order valence-corrected chi connectivity index (χ1v) is 6.04. The fourth-order valence-corrected chi connectivity index (χ4v) is 1.76. The van der Waals surface area contributed by atoms with Crippen molar-refractivity contribution in [2.75, 3.05) is 6.54 Å². The van der Waals surface area contributed by atoms with E-state index in [1.54, 1.807) is 11.8 Å². The molecule has 0 fully saturated rings. The number of rotatable bonds is 4. The normalized spacial score (nSPS) is 12.2. The standard InChI is InChI=1S/C12H15Cl2NO/c1-3-15(12(16)9(2)13)8-10-6-4-5-7-11(10)14/h4-7,9H,3,8H2,1-2H3. The number of carbonyl (C=O) groups excluding carboxylic acids is 1. The molecule has 1 aromatic rings. The average Bonchev–Trinajstić information content (AvgIpc) is 2.27. The highest BCUT2D eigenvalue weighted by Gasteiger charge is 2.17. The Balaban J connectivity index is 2.78. The van der Waals surface area contributed by atoms with Crippen LogP contribution in [0.15, 0.2) is 24.3 Å². The Kier molecular flexibility index (Phi) is 5.10. The van der Waals surface area contributed by atoms with E-state index in [-0.39, 0.29) is 5.91 Å². The van der Waals surface area contributed by atoms with Crippen LogP contribution in [0.4, 0.5) is 0 Å². The Morgan fingerprint density at radius 1 is 1.44 bits per heavy atom. The maximum atomic E-state index is 11.7. The summed E-state index contributed by atoms with van der Waals surface area (Å²) >= 11 is 11.8. The van der Waals surface area contributed by atoms with Crippen LogP contribution in [-0.4, -0.2) is 22.7 Å². The number of benzene rings is 1. The molecule has 0 aromatic heterocycles. The Bertz CT molecular complexity index is 366. The summed E-state index contributed by atoms with van der Waals surface area (Å²) in [7, 11) is 0. The zero-order valence-electron chi connectivity index (χ0n) is 9.41. The Morgan fingerprint density at radius 3 is 2.56 bits per heavy atom. The molecule has 1 unspecified atom stereocenters. The molecule has 16 heavy (non-hydrogen) atoms. The van der Waals surface area contributed by atoms with Crippen molar-refractivity contribution in [3.8, 4) is 0 Å². The van der Waals surface area contributed by atoms with Gasteiger partial charge in [0.25, 0.3) is 0 Å². The molecule has 0 spiro atoms. The number of amides is 1. The summed E-state index contributed by atoms with van der Waals surface area (Å²) < 4.78 is 0. The van der Waals surface area contributed by atoms with Gasteiger partial charge in [-0.05, 0) is 25.5 Å². The van der Waals surface area contributed by atoms with Crippen molar-refractivity contribution in [1.29, 1.82) is 0 Å². The van der Waals surface area contributed by atoms with Gasteiger partial charge >= 0.3 is 0 Å². The molecule has 1 aromatic carbocycles. The summed E-state index contributed by atoms with van der Waals surface area (Å²) in [6.45, 7) is 4.74. The van der Waals surface area contributed by atoms with E-state index < -0.39 is 5.38 Å². The lowest BCUT2D eigenvalue weighted by Gasteiger charge is -2.22. The quantitative estimate of drug-likeness (QED) is 0.760. The van der Waals surface area contributed by atoms with Crippen LogP contribution in [0, 0.1) is 0 Å². The summed E-state index contributed by atoms with van der Waals surface area (Å²) in [5, 5.41) is 0.179. The minimum atomic E-state index is -0.498. The molecular formula is C12H15Cl2NO. The maximum absolute atomic E-state index is 11.7. The topological polar surface area (TPSA) is 20.3 Å². The van der Waals surface area contributed by atoms with Crippen molar-refractivity contribution in [3.05, 3.63) is 34.9 Å². The van der Waals surface area contributed by atoms with Gasteiger partial charge in [-0.25, -0.2) is 0 Å². The molecule has 0 N–H and O–H groups in total. The van der Waals surface area contributed by atoms with E-state index >= 15 is 0 Å². The fourth-order valence-electron chi connectivity index (χ4n) is 1.43. The van der Waals surface area contributed by atoms with Crippen LogP contribution in [0.2, 0.25) is 5.02 Å². The molecule has 1 rings (SSSR count). The third kappa shape index (κ3) is 3.39. The van der Waals surface area contributed by atoms with Gasteiger partial charge in [-0.2, -0.15) is 0 Å². The number of hydrogen-bond acceptors (Lipinski definition) is 1. The Labute approximate surface area is 106 Å². The number of halogens is 2. The number of carbonyl (C=O) groups is 1. The third-order valence-electron chi connectivity index (χ3n) is 2.35. The highest BCUT2D eigenvalue weighted by Crippen LogP contribution is 2.17. The predicted octanol–water partition coefficient (Wildman–Crippen LogP) is 3.32. The second kappa shape index (κ2) is 6.12. The molecule has 0 saturated heterocycles. The monoisotopic (exact) mass is 259 g/mol. The maximum Gasteiger partial charge on any atom is 0.240 e. The number of nitrogens with zero attached hydrogens (tertiary/aromatic N) is 1. The van der Waals surface area contributed by atoms with E-state index in [2.05, 4.69) is 0 Å². The Hall–Kier alpha value is -0.730. The van der Waals surface area contributed by atoms with Gasteiger partial charge in [0.15, 0.2) is 0 Å². The smallest absolute Gasteiger partial charge is 0.240 e. The highest BCUT2D eigenvalue weighted by atomic mass is 35.5. The van der Waals surface area contributed by atoms with E-state index in [4.69, 9.17) is 23.2 Å². The molecule has 0 heterocycles. The largest absolute Gasteiger partial charge is 0.337 e. The summed E-state index contributed by atoms with van der Waals surface area (Å²) in [5.41, 5.74) is 0.941. The molecule has 1 amide bonds. The van der Waals surface area contributed by atoms with Crippen LogP contribution >= 0.6 is 23.2 Å². The van der Waals surface area contributed by atoms with E-state index in [9.17, 15) is 4.79 Å². The lowest BCUT2D eigenvalue weighted by Crippen LogP contribution is -2.35. The average molecular weight is 260 g/mol. The molecule has 0 aliphatic heterocycles. The van der Waals surface area contributed by atoms with Crippen molar-refractivity contribution in [3.63, 3.8) is 0 Å². The Morgan fingerprint density at radius 2 is 2.06 bits per heavy atom. The van der Waals surface area contributed by atoms with Gasteiger partial charge in [0.2, 0.25) is 5.91 Å². The molecule has 1 atom stereocenters. The van der Waals surface area contributed by atoms with Crippen LogP contribution in [0.25, 0.3) is 0 Å². The van der Waals surface area contributed by atoms with Crippen molar-refractivity contribution in [2.45, 2.75) is 25.8 Å². The van der Waals surface area contributed by atoms with E-state index in [0.717, 1.165) is 5.56 Å². The molecule has 0 aliphatic rings. The SMILES string of the molecule is CCN(Cc1ccccc1Cl)C(=O)C(C)Cl. The first-order chi connectivity index (χ1) is 7.56. The van der Waals surface area contributed by atoms with Crippen LogP contribution in [0.3, 0.4) is 0 Å². The molecule has 88 valence electrons. The second-order valence-electron chi connectivity index (χ2n) is 3.56. The zero-order valence-corrected chi connectivity index (χ0v) is 10.9. The molecule has 0 saturated carbocycles. The highest BCUT2D eigenvalue weighted by molar-refractivity contribution is 6.31. The van der Waals surface area contributed by atoms with E-state index in [0.29, 0.717) is 18.1 Å². The summed E-state index contributed by atoms with van der Waals surface area (Å²) in [4.78, 5) is 13.4. The van der Waals surface area contributed by atoms with Crippen molar-refractivity contribution >= 4 is 29.1 Å². The zero-order chi connectivity index (χ0) is 12.1. The van der Waals surface area contributed by atoms with E-state index in [1.165, 1.54) is 0 Å². The van der Waals surface area contributed by atoms with Crippen molar-refractivity contribution in [2.24, 2.45) is 0 Å². The van der Waals surface area contributed by atoms with Crippen LogP contribution in [0.1, 0.15) is 19.4 Å². The predicted molar refractivity (Wildman–Crippen MR) is 67.9 cm³/mol. The van der Waals surface area contributed by atoms with Crippen molar-refractivity contribution < 1.29 is 4.79 Å². The summed E-state index contributed by atoms with van der Waals surface area (Å²) in [6, 6.07) is 7.51. The summed E-state index contributed by atoms with van der Waals surface area (Å²) in [5.74, 6) is -0.0657. The minimum Gasteiger partial charge on any atom is -0.337 e. The first kappa shape index (κ1) is 13.3. The van der Waals surface area contributed by atoms with Crippen molar-refractivity contribution in [1.82, 2.24) is 4.90 Å². The molecule has 4 heteroatoms. The summed E-state index contributed by atoms with van der Waals surface area (Å²) in [6.07, 6.45) is 0. The fraction of sp³-hybridized carbons (Fsp3) is 0.417. The number of alkyl halides is 1. The van der Waals surface area contributed by atoms with Crippen LogP contribution in [0.5, 0.6) is 0 Å². The third-order valence-corrected chi connectivity index (χ3v) is 2.91. The van der Waals surface area contributed by atoms with Gasteiger partial charge in [-0.3, -0.25) is 4.79 Å². The number of hydrogen-bond donors (Lipinski definition) is 0. The molecule has 0 radical (unpaired) electrons. The van der Waals surface area contributed by atoms with E-state index in [1.807, 2.05) is 31.2 Å². The minimum absolute atomic E-state index is 0.0657. The molecule has 2 nitrogen and oxygen atoms in total. The lowest BCUT2D eigenvalue weighted by molar-refractivity contribution is -0.130. The van der Waals surface area contributed by atoms with Gasteiger partial charge in [-0.15, -0.1) is 11.6 Å². The van der Waals surface area contributed by atoms with Gasteiger partial charge in [0.05, 0.1) is 0 Å². The molecular weight excluding hydrogens is 245 g/mol. The van der Waals surface area contributed by atoms with Crippen LogP contribution in [-0.2, 0) is 11.3 Å².